The lowest BCUT2D eigenvalue weighted by atomic mass is 10.1. The highest BCUT2D eigenvalue weighted by Gasteiger charge is 2.15. The van der Waals surface area contributed by atoms with Crippen LogP contribution in [-0.4, -0.2) is 0 Å². The topological polar surface area (TPSA) is 33.0 Å². The van der Waals surface area contributed by atoms with E-state index in [-0.39, 0.29) is 0 Å². The molecule has 0 heterocycles. The molecule has 2 heteroatoms. The fourth-order valence-electron chi connectivity index (χ4n) is 2.40. The third kappa shape index (κ3) is 1.96. The third-order valence-corrected chi connectivity index (χ3v) is 3.31. The zero-order valence-corrected chi connectivity index (χ0v) is 10.0. The normalized spacial score (nSPS) is 12.8. The van der Waals surface area contributed by atoms with Crippen LogP contribution in [0.5, 0.6) is 11.5 Å². The van der Waals surface area contributed by atoms with Crippen molar-refractivity contribution in [1.29, 1.82) is 5.26 Å². The molecular formula is C16H13NO. The molecule has 0 atom stereocenters. The van der Waals surface area contributed by atoms with Crippen LogP contribution in [0.1, 0.15) is 23.1 Å². The molecule has 0 unspecified atom stereocenters. The van der Waals surface area contributed by atoms with Gasteiger partial charge in [-0.05, 0) is 60.7 Å². The van der Waals surface area contributed by atoms with Gasteiger partial charge in [-0.2, -0.15) is 5.26 Å². The summed E-state index contributed by atoms with van der Waals surface area (Å²) < 4.78 is 5.91. The Kier molecular flexibility index (Phi) is 2.74. The number of benzene rings is 2. The fraction of sp³-hybridized carbons (Fsp3) is 0.188. The number of hydrogen-bond acceptors (Lipinski definition) is 2. The van der Waals surface area contributed by atoms with E-state index in [2.05, 4.69) is 12.1 Å². The van der Waals surface area contributed by atoms with E-state index in [1.54, 1.807) is 12.1 Å². The minimum Gasteiger partial charge on any atom is -0.457 e. The molecule has 88 valence electrons. The lowest BCUT2D eigenvalue weighted by Crippen LogP contribution is -1.90. The van der Waals surface area contributed by atoms with Gasteiger partial charge in [-0.1, -0.05) is 12.1 Å². The van der Waals surface area contributed by atoms with Crippen molar-refractivity contribution in [1.82, 2.24) is 0 Å². The fourth-order valence-corrected chi connectivity index (χ4v) is 2.40. The summed E-state index contributed by atoms with van der Waals surface area (Å²) in [6.45, 7) is 0. The quantitative estimate of drug-likeness (QED) is 0.792. The minimum absolute atomic E-state index is 0.653. The molecule has 0 radical (unpaired) electrons. The van der Waals surface area contributed by atoms with Gasteiger partial charge in [0.2, 0.25) is 0 Å². The number of nitrogens with zero attached hydrogens (tertiary/aromatic N) is 1. The van der Waals surface area contributed by atoms with Crippen molar-refractivity contribution in [2.45, 2.75) is 19.3 Å². The SMILES string of the molecule is N#Cc1ccc(Oc2cccc3c2CCC3)cc1. The number of hydrogen-bond donors (Lipinski definition) is 0. The van der Waals surface area contributed by atoms with Crippen molar-refractivity contribution in [2.75, 3.05) is 0 Å². The van der Waals surface area contributed by atoms with E-state index in [4.69, 9.17) is 10.00 Å². The molecule has 2 nitrogen and oxygen atoms in total. The van der Waals surface area contributed by atoms with Crippen molar-refractivity contribution in [3.63, 3.8) is 0 Å². The van der Waals surface area contributed by atoms with Gasteiger partial charge in [-0.15, -0.1) is 0 Å². The number of rotatable bonds is 2. The third-order valence-electron chi connectivity index (χ3n) is 3.31. The first kappa shape index (κ1) is 10.9. The summed E-state index contributed by atoms with van der Waals surface area (Å²) in [6, 6.07) is 15.6. The van der Waals surface area contributed by atoms with Crippen molar-refractivity contribution in [3.8, 4) is 17.6 Å². The van der Waals surface area contributed by atoms with Crippen LogP contribution >= 0.6 is 0 Å². The first-order valence-corrected chi connectivity index (χ1v) is 6.15. The summed E-state index contributed by atoms with van der Waals surface area (Å²) in [4.78, 5) is 0. The average molecular weight is 235 g/mol. The second-order valence-corrected chi connectivity index (χ2v) is 4.49. The van der Waals surface area contributed by atoms with Crippen LogP contribution in [0, 0.1) is 11.3 Å². The van der Waals surface area contributed by atoms with Crippen LogP contribution < -0.4 is 4.74 Å². The van der Waals surface area contributed by atoms with E-state index >= 15 is 0 Å². The van der Waals surface area contributed by atoms with Gasteiger partial charge in [0.05, 0.1) is 11.6 Å². The lowest BCUT2D eigenvalue weighted by Gasteiger charge is -2.10. The summed E-state index contributed by atoms with van der Waals surface area (Å²) in [5.41, 5.74) is 3.39. The van der Waals surface area contributed by atoms with Gasteiger partial charge in [-0.25, -0.2) is 0 Å². The Hall–Kier alpha value is -2.27. The number of fused-ring (bicyclic) bond motifs is 1. The predicted molar refractivity (Wildman–Crippen MR) is 69.7 cm³/mol. The van der Waals surface area contributed by atoms with Gasteiger partial charge in [0.1, 0.15) is 11.5 Å². The van der Waals surface area contributed by atoms with Gasteiger partial charge in [0.25, 0.3) is 0 Å². The van der Waals surface area contributed by atoms with E-state index < -0.39 is 0 Å². The maximum Gasteiger partial charge on any atom is 0.130 e. The number of nitriles is 1. The molecule has 0 saturated carbocycles. The average Bonchev–Trinajstić information content (AvgIpc) is 2.89. The Balaban J connectivity index is 1.88. The predicted octanol–water partition coefficient (Wildman–Crippen LogP) is 3.84. The van der Waals surface area contributed by atoms with Gasteiger partial charge >= 0.3 is 0 Å². The highest BCUT2D eigenvalue weighted by atomic mass is 16.5. The molecule has 18 heavy (non-hydrogen) atoms. The molecule has 1 aliphatic rings. The molecule has 0 fully saturated rings. The van der Waals surface area contributed by atoms with Crippen LogP contribution in [-0.2, 0) is 12.8 Å². The Labute approximate surface area is 106 Å². The molecule has 0 amide bonds. The molecule has 1 aliphatic carbocycles. The van der Waals surface area contributed by atoms with E-state index in [0.717, 1.165) is 24.3 Å². The number of ether oxygens (including phenoxy) is 1. The minimum atomic E-state index is 0.653. The summed E-state index contributed by atoms with van der Waals surface area (Å²) >= 11 is 0. The van der Waals surface area contributed by atoms with Crippen LogP contribution in [0.2, 0.25) is 0 Å². The monoisotopic (exact) mass is 235 g/mol. The van der Waals surface area contributed by atoms with Gasteiger partial charge < -0.3 is 4.74 Å². The summed E-state index contributed by atoms with van der Waals surface area (Å²) in [5.74, 6) is 1.74. The Bertz CT molecular complexity index is 608. The van der Waals surface area contributed by atoms with Crippen molar-refractivity contribution in [2.24, 2.45) is 0 Å². The molecular weight excluding hydrogens is 222 g/mol. The molecule has 2 aromatic carbocycles. The summed E-state index contributed by atoms with van der Waals surface area (Å²) in [7, 11) is 0. The maximum atomic E-state index is 8.75. The second kappa shape index (κ2) is 4.54. The number of aryl methyl sites for hydroxylation is 1. The van der Waals surface area contributed by atoms with E-state index in [1.165, 1.54) is 17.5 Å². The lowest BCUT2D eigenvalue weighted by molar-refractivity contribution is 0.477. The molecule has 0 saturated heterocycles. The largest absolute Gasteiger partial charge is 0.457 e. The van der Waals surface area contributed by atoms with Crippen molar-refractivity contribution in [3.05, 3.63) is 59.2 Å². The van der Waals surface area contributed by atoms with Crippen molar-refractivity contribution < 1.29 is 4.74 Å². The molecule has 0 aromatic heterocycles. The second-order valence-electron chi connectivity index (χ2n) is 4.49. The van der Waals surface area contributed by atoms with Gasteiger partial charge in [0.15, 0.2) is 0 Å². The maximum absolute atomic E-state index is 8.75. The van der Waals surface area contributed by atoms with Crippen molar-refractivity contribution >= 4 is 0 Å². The van der Waals surface area contributed by atoms with Gasteiger partial charge in [-0.3, -0.25) is 0 Å². The zero-order valence-electron chi connectivity index (χ0n) is 10.0. The van der Waals surface area contributed by atoms with E-state index in [9.17, 15) is 0 Å². The zero-order chi connectivity index (χ0) is 12.4. The Morgan fingerprint density at radius 1 is 1.00 bits per heavy atom. The van der Waals surface area contributed by atoms with E-state index in [1.807, 2.05) is 24.3 Å². The molecule has 3 rings (SSSR count). The first-order chi connectivity index (χ1) is 8.86. The molecule has 0 aliphatic heterocycles. The van der Waals surface area contributed by atoms with Crippen LogP contribution in [0.4, 0.5) is 0 Å². The molecule has 0 bridgehead atoms. The first-order valence-electron chi connectivity index (χ1n) is 6.15. The molecule has 2 aromatic rings. The molecule has 0 N–H and O–H groups in total. The standard InChI is InChI=1S/C16H13NO/c17-11-12-7-9-14(10-8-12)18-16-6-2-4-13-3-1-5-15(13)16/h2,4,6-10H,1,3,5H2. The van der Waals surface area contributed by atoms with Crippen LogP contribution in [0.15, 0.2) is 42.5 Å². The Morgan fingerprint density at radius 3 is 2.61 bits per heavy atom. The highest BCUT2D eigenvalue weighted by molar-refractivity contribution is 5.46. The Morgan fingerprint density at radius 2 is 1.83 bits per heavy atom. The van der Waals surface area contributed by atoms with Gasteiger partial charge in [0, 0.05) is 0 Å². The van der Waals surface area contributed by atoms with Crippen LogP contribution in [0.25, 0.3) is 0 Å². The molecule has 0 spiro atoms. The van der Waals surface area contributed by atoms with E-state index in [0.29, 0.717) is 5.56 Å². The smallest absolute Gasteiger partial charge is 0.130 e. The van der Waals surface area contributed by atoms with Crippen LogP contribution in [0.3, 0.4) is 0 Å². The summed E-state index contributed by atoms with van der Waals surface area (Å²) in [6.07, 6.45) is 3.46. The summed E-state index contributed by atoms with van der Waals surface area (Å²) in [5, 5.41) is 8.75. The highest BCUT2D eigenvalue weighted by Crippen LogP contribution is 2.33.